The molecule has 130 valence electrons. The van der Waals surface area contributed by atoms with E-state index in [1.165, 1.54) is 5.56 Å². The smallest absolute Gasteiger partial charge is 0.261 e. The molecule has 3 rings (SSSR count). The minimum Gasteiger partial charge on any atom is -0.336 e. The summed E-state index contributed by atoms with van der Waals surface area (Å²) in [6.07, 6.45) is 5.84. The Kier molecular flexibility index (Phi) is 5.46. The largest absolute Gasteiger partial charge is 0.336 e. The second kappa shape index (κ2) is 7.94. The number of nitrogens with zero attached hydrogens (tertiary/aromatic N) is 2. The van der Waals surface area contributed by atoms with E-state index in [-0.39, 0.29) is 17.0 Å². The third kappa shape index (κ3) is 4.25. The van der Waals surface area contributed by atoms with Crippen molar-refractivity contribution in [3.63, 3.8) is 0 Å². The lowest BCUT2D eigenvalue weighted by molar-refractivity contribution is 0.0648. The van der Waals surface area contributed by atoms with E-state index in [0.717, 1.165) is 25.2 Å². The summed E-state index contributed by atoms with van der Waals surface area (Å²) in [5, 5.41) is 0. The molecule has 25 heavy (non-hydrogen) atoms. The molecule has 0 saturated carbocycles. The van der Waals surface area contributed by atoms with Crippen molar-refractivity contribution in [1.82, 2.24) is 14.8 Å². The van der Waals surface area contributed by atoms with Gasteiger partial charge in [0.2, 0.25) is 0 Å². The van der Waals surface area contributed by atoms with Gasteiger partial charge in [0.15, 0.2) is 0 Å². The minimum atomic E-state index is -0.307. The summed E-state index contributed by atoms with van der Waals surface area (Å²) in [4.78, 5) is 31.2. The van der Waals surface area contributed by atoms with Crippen LogP contribution in [0.15, 0.2) is 53.5 Å². The summed E-state index contributed by atoms with van der Waals surface area (Å²) >= 11 is 0. The summed E-state index contributed by atoms with van der Waals surface area (Å²) in [6, 6.07) is 12.0. The van der Waals surface area contributed by atoms with E-state index >= 15 is 0 Å². The van der Waals surface area contributed by atoms with E-state index in [1.54, 1.807) is 24.1 Å². The maximum absolute atomic E-state index is 12.6. The van der Waals surface area contributed by atoms with E-state index in [1.807, 2.05) is 18.2 Å². The number of aromatic nitrogens is 1. The zero-order chi connectivity index (χ0) is 17.6. The molecule has 0 atom stereocenters. The van der Waals surface area contributed by atoms with Gasteiger partial charge in [-0.15, -0.1) is 0 Å². The number of benzene rings is 1. The summed E-state index contributed by atoms with van der Waals surface area (Å²) < 4.78 is 0. The first kappa shape index (κ1) is 17.2. The zero-order valence-electron chi connectivity index (χ0n) is 14.4. The molecule has 1 N–H and O–H groups in total. The van der Waals surface area contributed by atoms with Crippen LogP contribution >= 0.6 is 0 Å². The molecule has 1 saturated heterocycles. The number of carbonyl (C=O) groups is 1. The molecule has 1 aliphatic heterocycles. The molecule has 5 heteroatoms. The number of aromatic amines is 1. The molecule has 1 aromatic carbocycles. The van der Waals surface area contributed by atoms with E-state index < -0.39 is 0 Å². The van der Waals surface area contributed by atoms with Crippen LogP contribution in [0.2, 0.25) is 0 Å². The van der Waals surface area contributed by atoms with Crippen LogP contribution in [0.4, 0.5) is 0 Å². The Bertz CT molecular complexity index is 803. The average molecular weight is 337 g/mol. The quantitative estimate of drug-likeness (QED) is 0.930. The lowest BCUT2D eigenvalue weighted by atomic mass is 10.1. The highest BCUT2D eigenvalue weighted by atomic mass is 16.2. The van der Waals surface area contributed by atoms with Gasteiger partial charge in [0, 0.05) is 38.9 Å². The molecule has 2 heterocycles. The number of aryl methyl sites for hydroxylation is 1. The molecule has 5 nitrogen and oxygen atoms in total. The summed E-state index contributed by atoms with van der Waals surface area (Å²) in [6.45, 7) is 5.58. The Balaban J connectivity index is 1.54. The van der Waals surface area contributed by atoms with Gasteiger partial charge in [0.1, 0.15) is 5.56 Å². The second-order valence-electron chi connectivity index (χ2n) is 6.27. The third-order valence-corrected chi connectivity index (χ3v) is 4.52. The predicted molar refractivity (Wildman–Crippen MR) is 99.6 cm³/mol. The normalized spacial score (nSPS) is 15.6. The van der Waals surface area contributed by atoms with Crippen molar-refractivity contribution in [2.45, 2.75) is 6.92 Å². The van der Waals surface area contributed by atoms with Gasteiger partial charge in [-0.1, -0.05) is 42.5 Å². The van der Waals surface area contributed by atoms with Gasteiger partial charge in [-0.25, -0.2) is 0 Å². The van der Waals surface area contributed by atoms with Crippen molar-refractivity contribution >= 4 is 12.0 Å². The number of nitrogens with one attached hydrogen (secondary N) is 1. The molecule has 0 aliphatic carbocycles. The average Bonchev–Trinajstić information content (AvgIpc) is 2.63. The van der Waals surface area contributed by atoms with Gasteiger partial charge in [0.25, 0.3) is 11.5 Å². The van der Waals surface area contributed by atoms with Crippen LogP contribution < -0.4 is 5.56 Å². The lowest BCUT2D eigenvalue weighted by Gasteiger charge is -2.34. The Morgan fingerprint density at radius 3 is 2.52 bits per heavy atom. The van der Waals surface area contributed by atoms with Crippen molar-refractivity contribution in [1.29, 1.82) is 0 Å². The number of piperazine rings is 1. The van der Waals surface area contributed by atoms with Crippen LogP contribution in [0.25, 0.3) is 6.08 Å². The van der Waals surface area contributed by atoms with Crippen molar-refractivity contribution in [2.24, 2.45) is 0 Å². The SMILES string of the molecule is Cc1cc[nH]c(=O)c1C(=O)N1CCN(C/C=C/c2ccccc2)CC1. The number of pyridine rings is 1. The molecule has 2 aromatic rings. The van der Waals surface area contributed by atoms with Crippen molar-refractivity contribution in [2.75, 3.05) is 32.7 Å². The Labute approximate surface area is 147 Å². The molecular formula is C20H23N3O2. The molecule has 0 radical (unpaired) electrons. The number of H-pyrrole nitrogens is 1. The highest BCUT2D eigenvalue weighted by Crippen LogP contribution is 2.09. The molecule has 1 aromatic heterocycles. The van der Waals surface area contributed by atoms with Gasteiger partial charge < -0.3 is 9.88 Å². The molecule has 0 unspecified atom stereocenters. The number of amides is 1. The van der Waals surface area contributed by atoms with E-state index in [0.29, 0.717) is 13.1 Å². The molecule has 1 aliphatic rings. The first-order valence-corrected chi connectivity index (χ1v) is 8.56. The number of hydrogen-bond acceptors (Lipinski definition) is 3. The fraction of sp³-hybridized carbons (Fsp3) is 0.300. The Morgan fingerprint density at radius 1 is 1.12 bits per heavy atom. The second-order valence-corrected chi connectivity index (χ2v) is 6.27. The Hall–Kier alpha value is -2.66. The molecule has 1 amide bonds. The molecule has 1 fully saturated rings. The summed E-state index contributed by atoms with van der Waals surface area (Å²) in [7, 11) is 0. The van der Waals surface area contributed by atoms with Crippen LogP contribution in [-0.2, 0) is 0 Å². The molecule has 0 bridgehead atoms. The van der Waals surface area contributed by atoms with Crippen LogP contribution in [0.3, 0.4) is 0 Å². The number of carbonyl (C=O) groups excluding carboxylic acids is 1. The number of hydrogen-bond donors (Lipinski definition) is 1. The molecule has 0 spiro atoms. The van der Waals surface area contributed by atoms with Crippen LogP contribution in [0, 0.1) is 6.92 Å². The summed E-state index contributed by atoms with van der Waals surface area (Å²) in [5.41, 5.74) is 1.87. The predicted octanol–water partition coefficient (Wildman–Crippen LogP) is 2.15. The van der Waals surface area contributed by atoms with Gasteiger partial charge >= 0.3 is 0 Å². The molecular weight excluding hydrogens is 314 g/mol. The fourth-order valence-corrected chi connectivity index (χ4v) is 3.04. The van der Waals surface area contributed by atoms with Gasteiger partial charge in [-0.3, -0.25) is 14.5 Å². The highest BCUT2D eigenvalue weighted by molar-refractivity contribution is 5.95. The maximum Gasteiger partial charge on any atom is 0.261 e. The third-order valence-electron chi connectivity index (χ3n) is 4.52. The summed E-state index contributed by atoms with van der Waals surface area (Å²) in [5.74, 6) is -0.168. The highest BCUT2D eigenvalue weighted by Gasteiger charge is 2.24. The minimum absolute atomic E-state index is 0.168. The van der Waals surface area contributed by atoms with E-state index in [4.69, 9.17) is 0 Å². The van der Waals surface area contributed by atoms with E-state index in [2.05, 4.69) is 34.2 Å². The number of rotatable bonds is 4. The van der Waals surface area contributed by atoms with Crippen molar-refractivity contribution in [3.05, 3.63) is 75.7 Å². The maximum atomic E-state index is 12.6. The van der Waals surface area contributed by atoms with Gasteiger partial charge in [-0.05, 0) is 24.1 Å². The van der Waals surface area contributed by atoms with Crippen molar-refractivity contribution < 1.29 is 4.79 Å². The standard InChI is InChI=1S/C20H23N3O2/c1-16-9-10-21-19(24)18(16)20(25)23-14-12-22(13-15-23)11-5-8-17-6-3-2-4-7-17/h2-10H,11-15H2,1H3,(H,21,24)/b8-5+. The van der Waals surface area contributed by atoms with Gasteiger partial charge in [0.05, 0.1) is 0 Å². The van der Waals surface area contributed by atoms with Crippen LogP contribution in [0.5, 0.6) is 0 Å². The Morgan fingerprint density at radius 2 is 1.84 bits per heavy atom. The van der Waals surface area contributed by atoms with Gasteiger partial charge in [-0.2, -0.15) is 0 Å². The fourth-order valence-electron chi connectivity index (χ4n) is 3.04. The van der Waals surface area contributed by atoms with Crippen LogP contribution in [0.1, 0.15) is 21.5 Å². The van der Waals surface area contributed by atoms with Crippen LogP contribution in [-0.4, -0.2) is 53.4 Å². The monoisotopic (exact) mass is 337 g/mol. The topological polar surface area (TPSA) is 56.4 Å². The first-order valence-electron chi connectivity index (χ1n) is 8.56. The van der Waals surface area contributed by atoms with E-state index in [9.17, 15) is 9.59 Å². The van der Waals surface area contributed by atoms with Crippen molar-refractivity contribution in [3.8, 4) is 0 Å². The zero-order valence-corrected chi connectivity index (χ0v) is 14.4. The lowest BCUT2D eigenvalue weighted by Crippen LogP contribution is -2.49. The first-order chi connectivity index (χ1) is 12.1.